The minimum atomic E-state index is -0.906. The third-order valence-electron chi connectivity index (χ3n) is 2.46. The Morgan fingerprint density at radius 3 is 2.08 bits per heavy atom. The second-order valence-electron chi connectivity index (χ2n) is 4.48. The quantitative estimate of drug-likeness (QED) is 0.700. The summed E-state index contributed by atoms with van der Waals surface area (Å²) >= 11 is 0. The van der Waals surface area contributed by atoms with Crippen LogP contribution in [0.1, 0.15) is 47.5 Å². The summed E-state index contributed by atoms with van der Waals surface area (Å²) in [5.41, 5.74) is -1.49. The van der Waals surface area contributed by atoms with Crippen molar-refractivity contribution in [2.75, 3.05) is 0 Å². The molecule has 0 saturated heterocycles. The van der Waals surface area contributed by atoms with Crippen molar-refractivity contribution < 1.29 is 9.90 Å². The molecule has 0 heterocycles. The van der Waals surface area contributed by atoms with Gasteiger partial charge in [0.1, 0.15) is 0 Å². The van der Waals surface area contributed by atoms with Gasteiger partial charge in [0.25, 0.3) is 0 Å². The van der Waals surface area contributed by atoms with Gasteiger partial charge in [0.15, 0.2) is 0 Å². The maximum Gasteiger partial charge on any atom is 0.220 e. The zero-order valence-electron chi connectivity index (χ0n) is 9.27. The monoisotopic (exact) mass is 187 g/mol. The molecule has 0 spiro atoms. The first-order chi connectivity index (χ1) is 5.70. The number of aliphatic hydroxyl groups is 1. The van der Waals surface area contributed by atoms with Crippen LogP contribution in [0.15, 0.2) is 0 Å². The molecular formula is C10H21NO2. The van der Waals surface area contributed by atoms with Gasteiger partial charge in [-0.2, -0.15) is 0 Å². The zero-order valence-corrected chi connectivity index (χ0v) is 9.27. The second-order valence-corrected chi connectivity index (χ2v) is 4.48. The topological polar surface area (TPSA) is 49.3 Å². The largest absolute Gasteiger partial charge is 0.388 e. The highest BCUT2D eigenvalue weighted by Crippen LogP contribution is 2.20. The summed E-state index contributed by atoms with van der Waals surface area (Å²) in [4.78, 5) is 11.3. The molecule has 0 aromatic rings. The minimum Gasteiger partial charge on any atom is -0.388 e. The molecule has 78 valence electrons. The third kappa shape index (κ3) is 3.77. The lowest BCUT2D eigenvalue weighted by Gasteiger charge is -2.38. The fraction of sp³-hybridized carbons (Fsp3) is 0.900. The van der Waals surface area contributed by atoms with Crippen molar-refractivity contribution in [1.29, 1.82) is 0 Å². The summed E-state index contributed by atoms with van der Waals surface area (Å²) < 4.78 is 0. The highest BCUT2D eigenvalue weighted by Gasteiger charge is 2.35. The molecule has 2 N–H and O–H groups in total. The summed E-state index contributed by atoms with van der Waals surface area (Å²) in [5.74, 6) is -0.00498. The summed E-state index contributed by atoms with van der Waals surface area (Å²) in [6.07, 6.45) is 1.34. The van der Waals surface area contributed by atoms with Crippen molar-refractivity contribution in [2.24, 2.45) is 0 Å². The predicted octanol–water partition coefficient (Wildman–Crippen LogP) is 1.45. The van der Waals surface area contributed by atoms with Gasteiger partial charge in [-0.15, -0.1) is 0 Å². The molecule has 0 rings (SSSR count). The van der Waals surface area contributed by atoms with E-state index in [4.69, 9.17) is 0 Å². The summed E-state index contributed by atoms with van der Waals surface area (Å²) in [5, 5.41) is 12.6. The molecule has 0 atom stereocenters. The fourth-order valence-corrected chi connectivity index (χ4v) is 0.791. The van der Waals surface area contributed by atoms with Crippen molar-refractivity contribution in [2.45, 2.75) is 58.6 Å². The summed E-state index contributed by atoms with van der Waals surface area (Å²) in [6.45, 7) is 8.98. The van der Waals surface area contributed by atoms with Crippen LogP contribution in [0.3, 0.4) is 0 Å². The zero-order chi connectivity index (χ0) is 10.7. The van der Waals surface area contributed by atoms with E-state index in [2.05, 4.69) is 5.32 Å². The van der Waals surface area contributed by atoms with Crippen LogP contribution >= 0.6 is 0 Å². The van der Waals surface area contributed by atoms with Gasteiger partial charge in [0.05, 0.1) is 11.1 Å². The first kappa shape index (κ1) is 12.4. The molecule has 1 amide bonds. The number of nitrogens with one attached hydrogen (secondary N) is 1. The van der Waals surface area contributed by atoms with Gasteiger partial charge in [0, 0.05) is 6.42 Å². The van der Waals surface area contributed by atoms with Crippen molar-refractivity contribution in [3.63, 3.8) is 0 Å². The Hall–Kier alpha value is -0.570. The molecule has 0 aliphatic carbocycles. The maximum atomic E-state index is 11.3. The molecule has 0 fully saturated rings. The Morgan fingerprint density at radius 1 is 1.31 bits per heavy atom. The number of amides is 1. The second kappa shape index (κ2) is 4.09. The van der Waals surface area contributed by atoms with Gasteiger partial charge in [-0.3, -0.25) is 4.79 Å². The normalized spacial score (nSPS) is 12.8. The molecule has 0 aromatic heterocycles. The van der Waals surface area contributed by atoms with Crippen LogP contribution in [-0.4, -0.2) is 22.2 Å². The van der Waals surface area contributed by atoms with Gasteiger partial charge in [0.2, 0.25) is 5.91 Å². The summed E-state index contributed by atoms with van der Waals surface area (Å²) in [6, 6.07) is 0. The van der Waals surface area contributed by atoms with Crippen LogP contribution in [0.5, 0.6) is 0 Å². The average Bonchev–Trinajstić information content (AvgIpc) is 1.83. The maximum absolute atomic E-state index is 11.3. The van der Waals surface area contributed by atoms with E-state index in [0.29, 0.717) is 6.42 Å². The Bertz CT molecular complexity index is 180. The Balaban J connectivity index is 4.26. The number of hydrogen-bond donors (Lipinski definition) is 2. The molecule has 13 heavy (non-hydrogen) atoms. The first-order valence-electron chi connectivity index (χ1n) is 4.74. The van der Waals surface area contributed by atoms with Crippen LogP contribution in [0.25, 0.3) is 0 Å². The van der Waals surface area contributed by atoms with E-state index in [9.17, 15) is 9.90 Å². The smallest absolute Gasteiger partial charge is 0.220 e. The lowest BCUT2D eigenvalue weighted by Crippen LogP contribution is -2.57. The molecule has 0 aromatic carbocycles. The van der Waals surface area contributed by atoms with Crippen LogP contribution in [0.2, 0.25) is 0 Å². The predicted molar refractivity (Wildman–Crippen MR) is 53.4 cm³/mol. The molecule has 3 nitrogen and oxygen atoms in total. The standard InChI is InChI=1S/C10H21NO2/c1-6-7-8(12)11-9(2,3)10(4,5)13/h13H,6-7H2,1-5H3,(H,11,12). The summed E-state index contributed by atoms with van der Waals surface area (Å²) in [7, 11) is 0. The van der Waals surface area contributed by atoms with Crippen LogP contribution in [-0.2, 0) is 4.79 Å². The van der Waals surface area contributed by atoms with Gasteiger partial charge in [-0.05, 0) is 34.1 Å². The van der Waals surface area contributed by atoms with Gasteiger partial charge in [-0.25, -0.2) is 0 Å². The van der Waals surface area contributed by atoms with Crippen molar-refractivity contribution in [3.05, 3.63) is 0 Å². The molecule has 0 aliphatic rings. The molecule has 0 unspecified atom stereocenters. The lowest BCUT2D eigenvalue weighted by atomic mass is 9.86. The van der Waals surface area contributed by atoms with Gasteiger partial charge in [-0.1, -0.05) is 6.92 Å². The molecule has 0 saturated carbocycles. The molecule has 0 bridgehead atoms. The number of hydrogen-bond acceptors (Lipinski definition) is 2. The molecule has 0 radical (unpaired) electrons. The number of carbonyl (C=O) groups excluding carboxylic acids is 1. The molecule has 0 aliphatic heterocycles. The van der Waals surface area contributed by atoms with Crippen molar-refractivity contribution >= 4 is 5.91 Å². The van der Waals surface area contributed by atoms with Gasteiger partial charge >= 0.3 is 0 Å². The van der Waals surface area contributed by atoms with Crippen molar-refractivity contribution in [1.82, 2.24) is 5.32 Å². The Morgan fingerprint density at radius 2 is 1.77 bits per heavy atom. The van der Waals surface area contributed by atoms with E-state index < -0.39 is 11.1 Å². The highest BCUT2D eigenvalue weighted by molar-refractivity contribution is 5.76. The Kier molecular flexibility index (Phi) is 3.91. The van der Waals surface area contributed by atoms with E-state index in [1.165, 1.54) is 0 Å². The first-order valence-corrected chi connectivity index (χ1v) is 4.74. The minimum absolute atomic E-state index is 0.00498. The average molecular weight is 187 g/mol. The van der Waals surface area contributed by atoms with E-state index >= 15 is 0 Å². The lowest BCUT2D eigenvalue weighted by molar-refractivity contribution is -0.126. The molecule has 3 heteroatoms. The molecular weight excluding hydrogens is 166 g/mol. The highest BCUT2D eigenvalue weighted by atomic mass is 16.3. The number of rotatable bonds is 4. The van der Waals surface area contributed by atoms with Crippen LogP contribution < -0.4 is 5.32 Å². The van der Waals surface area contributed by atoms with Crippen molar-refractivity contribution in [3.8, 4) is 0 Å². The van der Waals surface area contributed by atoms with Gasteiger partial charge < -0.3 is 10.4 Å². The van der Waals surface area contributed by atoms with Crippen LogP contribution in [0.4, 0.5) is 0 Å². The number of carbonyl (C=O) groups is 1. The fourth-order valence-electron chi connectivity index (χ4n) is 0.791. The van der Waals surface area contributed by atoms with E-state index in [1.807, 2.05) is 20.8 Å². The Labute approximate surface area is 80.5 Å². The van der Waals surface area contributed by atoms with E-state index in [1.54, 1.807) is 13.8 Å². The third-order valence-corrected chi connectivity index (χ3v) is 2.46. The SMILES string of the molecule is CCCC(=O)NC(C)(C)C(C)(C)O. The van der Waals surface area contributed by atoms with Crippen LogP contribution in [0, 0.1) is 0 Å². The van der Waals surface area contributed by atoms with E-state index in [-0.39, 0.29) is 5.91 Å². The van der Waals surface area contributed by atoms with E-state index in [0.717, 1.165) is 6.42 Å².